The Bertz CT molecular complexity index is 422. The van der Waals surface area contributed by atoms with Gasteiger partial charge < -0.3 is 10.1 Å². The van der Waals surface area contributed by atoms with E-state index in [2.05, 4.69) is 19.2 Å². The maximum Gasteiger partial charge on any atom is 0.120 e. The topological polar surface area (TPSA) is 25.8 Å². The van der Waals surface area contributed by atoms with Crippen molar-refractivity contribution in [2.24, 2.45) is 0 Å². The Balaban J connectivity index is 1.94. The van der Waals surface area contributed by atoms with Crippen LogP contribution in [0.4, 0.5) is 5.69 Å². The van der Waals surface area contributed by atoms with Gasteiger partial charge in [-0.05, 0) is 17.7 Å². The van der Waals surface area contributed by atoms with Gasteiger partial charge in [-0.3, -0.25) is 0 Å². The fourth-order valence-electron chi connectivity index (χ4n) is 1.44. The van der Waals surface area contributed by atoms with E-state index in [-0.39, 0.29) is 0 Å². The molecule has 2 aromatic carbocycles. The molecule has 0 fully saturated rings. The van der Waals surface area contributed by atoms with Crippen molar-refractivity contribution in [2.75, 3.05) is 0 Å². The van der Waals surface area contributed by atoms with Crippen LogP contribution in [0.2, 0.25) is 0 Å². The highest BCUT2D eigenvalue weighted by atomic mass is 16.5. The van der Waals surface area contributed by atoms with Gasteiger partial charge in [0.2, 0.25) is 0 Å². The van der Waals surface area contributed by atoms with Gasteiger partial charge in [0.15, 0.2) is 0 Å². The highest BCUT2D eigenvalue weighted by Gasteiger charge is 1.96. The molecule has 0 bridgehead atoms. The average molecular weight is 213 g/mol. The SMILES string of the molecule is [CH2-][NH2+]c1ccc(OCc2ccccc2)cc1. The van der Waals surface area contributed by atoms with Gasteiger partial charge in [0.05, 0.1) is 0 Å². The molecule has 0 heterocycles. The van der Waals surface area contributed by atoms with Crippen LogP contribution in [0.15, 0.2) is 54.6 Å². The van der Waals surface area contributed by atoms with Crippen molar-refractivity contribution in [1.29, 1.82) is 0 Å². The van der Waals surface area contributed by atoms with E-state index in [0.29, 0.717) is 6.61 Å². The molecule has 2 rings (SSSR count). The third kappa shape index (κ3) is 2.84. The maximum atomic E-state index is 5.66. The molecular formula is C14H15NO. The molecule has 16 heavy (non-hydrogen) atoms. The fourth-order valence-corrected chi connectivity index (χ4v) is 1.44. The summed E-state index contributed by atoms with van der Waals surface area (Å²) in [5.41, 5.74) is 2.28. The first-order valence-electron chi connectivity index (χ1n) is 5.28. The molecular weight excluding hydrogens is 198 g/mol. The average Bonchev–Trinajstić information content (AvgIpc) is 2.38. The van der Waals surface area contributed by atoms with Crippen LogP contribution < -0.4 is 10.1 Å². The Labute approximate surface area is 95.9 Å². The smallest absolute Gasteiger partial charge is 0.120 e. The zero-order valence-corrected chi connectivity index (χ0v) is 9.10. The van der Waals surface area contributed by atoms with Crippen molar-refractivity contribution in [2.45, 2.75) is 6.61 Å². The van der Waals surface area contributed by atoms with Crippen LogP contribution in [0.5, 0.6) is 5.75 Å². The highest BCUT2D eigenvalue weighted by Crippen LogP contribution is 2.14. The Morgan fingerprint density at radius 1 is 0.938 bits per heavy atom. The van der Waals surface area contributed by atoms with Crippen LogP contribution in [0, 0.1) is 7.05 Å². The lowest BCUT2D eigenvalue weighted by Gasteiger charge is -2.06. The van der Waals surface area contributed by atoms with Crippen molar-refractivity contribution in [3.05, 3.63) is 67.2 Å². The Hall–Kier alpha value is -1.80. The van der Waals surface area contributed by atoms with E-state index in [9.17, 15) is 0 Å². The minimum atomic E-state index is 0.605. The van der Waals surface area contributed by atoms with Crippen LogP contribution in [-0.4, -0.2) is 0 Å². The minimum absolute atomic E-state index is 0.605. The van der Waals surface area contributed by atoms with Gasteiger partial charge in [0, 0.05) is 12.1 Å². The third-order valence-electron chi connectivity index (χ3n) is 2.36. The van der Waals surface area contributed by atoms with Gasteiger partial charge in [-0.1, -0.05) is 30.3 Å². The molecule has 0 unspecified atom stereocenters. The summed E-state index contributed by atoms with van der Waals surface area (Å²) < 4.78 is 5.66. The number of nitrogens with two attached hydrogens (primary N) is 1. The molecule has 82 valence electrons. The maximum absolute atomic E-state index is 5.66. The predicted octanol–water partition coefficient (Wildman–Crippen LogP) is 2.25. The molecule has 0 radical (unpaired) electrons. The van der Waals surface area contributed by atoms with Gasteiger partial charge in [0.25, 0.3) is 0 Å². The van der Waals surface area contributed by atoms with E-state index < -0.39 is 0 Å². The van der Waals surface area contributed by atoms with Crippen LogP contribution in [-0.2, 0) is 6.61 Å². The Morgan fingerprint density at radius 3 is 2.25 bits per heavy atom. The summed E-state index contributed by atoms with van der Waals surface area (Å²) in [5.74, 6) is 0.884. The first kappa shape index (κ1) is 10.7. The number of hydrogen-bond acceptors (Lipinski definition) is 1. The molecule has 0 aliphatic rings. The first-order valence-corrected chi connectivity index (χ1v) is 5.28. The van der Waals surface area contributed by atoms with Gasteiger partial charge in [0.1, 0.15) is 18.0 Å². The Morgan fingerprint density at radius 2 is 1.62 bits per heavy atom. The number of hydrogen-bond donors (Lipinski definition) is 1. The van der Waals surface area contributed by atoms with Gasteiger partial charge in [-0.25, -0.2) is 0 Å². The van der Waals surface area contributed by atoms with Crippen LogP contribution in [0.3, 0.4) is 0 Å². The number of rotatable bonds is 4. The van der Waals surface area contributed by atoms with Crippen LogP contribution >= 0.6 is 0 Å². The number of quaternary nitrogens is 1. The fraction of sp³-hybridized carbons (Fsp3) is 0.0714. The second-order valence-corrected chi connectivity index (χ2v) is 3.55. The lowest BCUT2D eigenvalue weighted by atomic mass is 10.2. The van der Waals surface area contributed by atoms with Gasteiger partial charge in [-0.2, -0.15) is 0 Å². The summed E-state index contributed by atoms with van der Waals surface area (Å²) in [6, 6.07) is 18.0. The molecule has 2 N–H and O–H groups in total. The largest absolute Gasteiger partial charge is 0.489 e. The normalized spacial score (nSPS) is 10.1. The van der Waals surface area contributed by atoms with Gasteiger partial charge >= 0.3 is 0 Å². The van der Waals surface area contributed by atoms with E-state index in [1.54, 1.807) is 0 Å². The molecule has 2 heteroatoms. The minimum Gasteiger partial charge on any atom is -0.489 e. The lowest BCUT2D eigenvalue weighted by molar-refractivity contribution is -0.504. The summed E-state index contributed by atoms with van der Waals surface area (Å²) in [6.07, 6.45) is 0. The zero-order chi connectivity index (χ0) is 11.2. The molecule has 0 amide bonds. The summed E-state index contributed by atoms with van der Waals surface area (Å²) >= 11 is 0. The van der Waals surface area contributed by atoms with Crippen molar-refractivity contribution in [3.63, 3.8) is 0 Å². The van der Waals surface area contributed by atoms with Crippen molar-refractivity contribution < 1.29 is 10.1 Å². The van der Waals surface area contributed by atoms with E-state index >= 15 is 0 Å². The van der Waals surface area contributed by atoms with Crippen LogP contribution in [0.1, 0.15) is 5.56 Å². The summed E-state index contributed by atoms with van der Waals surface area (Å²) in [4.78, 5) is 0. The molecule has 2 nitrogen and oxygen atoms in total. The number of benzene rings is 2. The highest BCUT2D eigenvalue weighted by molar-refractivity contribution is 5.35. The molecule has 0 aliphatic heterocycles. The summed E-state index contributed by atoms with van der Waals surface area (Å²) in [6.45, 7) is 0.605. The molecule has 0 spiro atoms. The Kier molecular flexibility index (Phi) is 3.57. The molecule has 0 saturated carbocycles. The van der Waals surface area contributed by atoms with E-state index in [4.69, 9.17) is 4.74 Å². The molecule has 2 aromatic rings. The molecule has 0 saturated heterocycles. The molecule has 0 atom stereocenters. The monoisotopic (exact) mass is 213 g/mol. The first-order chi connectivity index (χ1) is 7.88. The molecule has 0 aliphatic carbocycles. The van der Waals surface area contributed by atoms with Crippen molar-refractivity contribution in [3.8, 4) is 5.75 Å². The lowest BCUT2D eigenvalue weighted by Crippen LogP contribution is -2.69. The second kappa shape index (κ2) is 5.33. The quantitative estimate of drug-likeness (QED) is 0.611. The van der Waals surface area contributed by atoms with E-state index in [1.165, 1.54) is 5.56 Å². The predicted molar refractivity (Wildman–Crippen MR) is 64.2 cm³/mol. The van der Waals surface area contributed by atoms with E-state index in [0.717, 1.165) is 11.4 Å². The standard InChI is InChI=1S/C14H15NO/c1-15-13-7-9-14(10-8-13)16-11-12-5-3-2-4-6-12/h2-10H,1,11,15H2. The summed E-state index contributed by atoms with van der Waals surface area (Å²) in [7, 11) is 3.71. The van der Waals surface area contributed by atoms with Crippen molar-refractivity contribution >= 4 is 5.69 Å². The third-order valence-corrected chi connectivity index (χ3v) is 2.36. The van der Waals surface area contributed by atoms with Crippen molar-refractivity contribution in [1.82, 2.24) is 0 Å². The number of ether oxygens (including phenoxy) is 1. The zero-order valence-electron chi connectivity index (χ0n) is 9.10. The molecule has 0 aromatic heterocycles. The summed E-state index contributed by atoms with van der Waals surface area (Å²) in [5, 5.41) is 1.82. The van der Waals surface area contributed by atoms with Crippen LogP contribution in [0.25, 0.3) is 0 Å². The second-order valence-electron chi connectivity index (χ2n) is 3.55. The van der Waals surface area contributed by atoms with Gasteiger partial charge in [-0.15, -0.1) is 7.05 Å². The van der Waals surface area contributed by atoms with E-state index in [1.807, 2.05) is 47.8 Å².